The molecule has 0 bridgehead atoms. The van der Waals surface area contributed by atoms with Crippen LogP contribution in [0.15, 0.2) is 30.5 Å². The molecule has 11 heteroatoms. The number of carbonyl (C=O) groups is 4. The number of nitrogens with one attached hydrogen (secondary N) is 4. The van der Waals surface area contributed by atoms with Gasteiger partial charge in [0, 0.05) is 18.2 Å². The van der Waals surface area contributed by atoms with Crippen molar-refractivity contribution in [3.05, 3.63) is 52.7 Å². The zero-order chi connectivity index (χ0) is 22.5. The average Bonchev–Trinajstić information content (AvgIpc) is 3.12. The van der Waals surface area contributed by atoms with E-state index in [0.717, 1.165) is 11.1 Å². The average molecular weight is 429 g/mol. The van der Waals surface area contributed by atoms with Crippen LogP contribution in [0.25, 0.3) is 0 Å². The summed E-state index contributed by atoms with van der Waals surface area (Å²) < 4.78 is 0. The maximum atomic E-state index is 12.3. The Kier molecular flexibility index (Phi) is 6.55. The Bertz CT molecular complexity index is 1000. The lowest BCUT2D eigenvalue weighted by molar-refractivity contribution is -0.140. The van der Waals surface area contributed by atoms with E-state index in [1.165, 1.54) is 0 Å². The van der Waals surface area contributed by atoms with Crippen molar-refractivity contribution in [2.45, 2.75) is 38.0 Å². The van der Waals surface area contributed by atoms with E-state index >= 15 is 0 Å². The van der Waals surface area contributed by atoms with Gasteiger partial charge >= 0.3 is 11.9 Å². The SMILES string of the molecule is NC1NC(=O)c2c(CCc3ccc(C(=O)NC(CCC(=O)O)C(=O)O)cc3)c[nH]c2N1. The van der Waals surface area contributed by atoms with Gasteiger partial charge in [-0.25, -0.2) is 4.79 Å². The Hall–Kier alpha value is -3.86. The molecule has 1 aliphatic rings. The summed E-state index contributed by atoms with van der Waals surface area (Å²) in [4.78, 5) is 49.3. The maximum absolute atomic E-state index is 12.3. The van der Waals surface area contributed by atoms with E-state index in [0.29, 0.717) is 24.2 Å². The van der Waals surface area contributed by atoms with Gasteiger partial charge in [0.05, 0.1) is 5.56 Å². The van der Waals surface area contributed by atoms with Crippen molar-refractivity contribution in [3.8, 4) is 0 Å². The molecule has 1 aromatic carbocycles. The lowest BCUT2D eigenvalue weighted by Crippen LogP contribution is -2.50. The second-order valence-corrected chi connectivity index (χ2v) is 7.15. The van der Waals surface area contributed by atoms with Gasteiger partial charge in [-0.2, -0.15) is 0 Å². The quantitative estimate of drug-likeness (QED) is 0.295. The van der Waals surface area contributed by atoms with E-state index in [1.807, 2.05) is 0 Å². The number of benzene rings is 1. The van der Waals surface area contributed by atoms with Crippen molar-refractivity contribution in [1.29, 1.82) is 0 Å². The molecular formula is C20H23N5O6. The van der Waals surface area contributed by atoms with Gasteiger partial charge in [-0.05, 0) is 42.5 Å². The highest BCUT2D eigenvalue weighted by molar-refractivity contribution is 6.02. The summed E-state index contributed by atoms with van der Waals surface area (Å²) in [7, 11) is 0. The lowest BCUT2D eigenvalue weighted by Gasteiger charge is -2.22. The summed E-state index contributed by atoms with van der Waals surface area (Å²) in [5, 5.41) is 25.7. The molecule has 1 aliphatic heterocycles. The molecule has 0 aliphatic carbocycles. The minimum absolute atomic E-state index is 0.206. The number of amides is 2. The van der Waals surface area contributed by atoms with Crippen LogP contribution in [0.3, 0.4) is 0 Å². The number of fused-ring (bicyclic) bond motifs is 1. The fraction of sp³-hybridized carbons (Fsp3) is 0.300. The molecule has 164 valence electrons. The molecule has 0 saturated heterocycles. The van der Waals surface area contributed by atoms with Gasteiger partial charge in [-0.15, -0.1) is 0 Å². The molecule has 2 aromatic rings. The number of aromatic nitrogens is 1. The zero-order valence-corrected chi connectivity index (χ0v) is 16.5. The van der Waals surface area contributed by atoms with Crippen LogP contribution >= 0.6 is 0 Å². The number of aromatic amines is 1. The van der Waals surface area contributed by atoms with E-state index < -0.39 is 30.2 Å². The number of carboxylic acid groups (broad SMARTS) is 2. The van der Waals surface area contributed by atoms with Crippen molar-refractivity contribution in [1.82, 2.24) is 15.6 Å². The van der Waals surface area contributed by atoms with Crippen LogP contribution in [-0.4, -0.2) is 51.3 Å². The van der Waals surface area contributed by atoms with Crippen molar-refractivity contribution in [2.24, 2.45) is 5.73 Å². The Morgan fingerprint density at radius 1 is 1.10 bits per heavy atom. The first-order valence-corrected chi connectivity index (χ1v) is 9.62. The molecule has 3 rings (SSSR count). The molecular weight excluding hydrogens is 406 g/mol. The molecule has 2 heterocycles. The predicted molar refractivity (Wildman–Crippen MR) is 109 cm³/mol. The maximum Gasteiger partial charge on any atom is 0.326 e. The van der Waals surface area contributed by atoms with Crippen molar-refractivity contribution < 1.29 is 29.4 Å². The van der Waals surface area contributed by atoms with Crippen LogP contribution in [0.2, 0.25) is 0 Å². The summed E-state index contributed by atoms with van der Waals surface area (Å²) in [6, 6.07) is 5.35. The van der Waals surface area contributed by atoms with Gasteiger partial charge in [0.2, 0.25) is 0 Å². The van der Waals surface area contributed by atoms with Gasteiger partial charge in [0.1, 0.15) is 11.9 Å². The minimum atomic E-state index is -1.29. The van der Waals surface area contributed by atoms with Crippen molar-refractivity contribution in [3.63, 3.8) is 0 Å². The second-order valence-electron chi connectivity index (χ2n) is 7.15. The van der Waals surface area contributed by atoms with Gasteiger partial charge in [0.25, 0.3) is 11.8 Å². The number of carboxylic acids is 2. The van der Waals surface area contributed by atoms with Gasteiger partial charge in [-0.1, -0.05) is 12.1 Å². The van der Waals surface area contributed by atoms with Gasteiger partial charge in [-0.3, -0.25) is 20.1 Å². The molecule has 2 unspecified atom stereocenters. The zero-order valence-electron chi connectivity index (χ0n) is 16.5. The summed E-state index contributed by atoms with van der Waals surface area (Å²) in [6.07, 6.45) is 1.73. The Morgan fingerprint density at radius 3 is 2.45 bits per heavy atom. The summed E-state index contributed by atoms with van der Waals surface area (Å²) >= 11 is 0. The summed E-state index contributed by atoms with van der Waals surface area (Å²) in [5.74, 6) is -2.69. The first kappa shape index (κ1) is 21.8. The van der Waals surface area contributed by atoms with E-state index in [1.54, 1.807) is 30.5 Å². The topological polar surface area (TPSA) is 187 Å². The number of aryl methyl sites for hydroxylation is 2. The third-order valence-corrected chi connectivity index (χ3v) is 4.92. The monoisotopic (exact) mass is 429 g/mol. The molecule has 11 nitrogen and oxygen atoms in total. The van der Waals surface area contributed by atoms with Crippen LogP contribution in [0.5, 0.6) is 0 Å². The standard InChI is InChI=1S/C20H23N5O6/c21-20-24-16-15(18(29)25-20)12(9-22-16)6-3-10-1-4-11(5-2-10)17(28)23-13(19(30)31)7-8-14(26)27/h1-2,4-5,9,13,20,22,24H,3,6-8,21H2,(H,23,28)(H,25,29)(H,26,27)(H,30,31). The number of hydrogen-bond donors (Lipinski definition) is 7. The Balaban J connectivity index is 1.59. The number of rotatable bonds is 9. The van der Waals surface area contributed by atoms with Crippen LogP contribution in [0, 0.1) is 0 Å². The third-order valence-electron chi connectivity index (χ3n) is 4.92. The largest absolute Gasteiger partial charge is 0.481 e. The first-order valence-electron chi connectivity index (χ1n) is 9.62. The highest BCUT2D eigenvalue weighted by Gasteiger charge is 2.25. The van der Waals surface area contributed by atoms with Crippen LogP contribution < -0.4 is 21.7 Å². The number of nitrogens with two attached hydrogens (primary N) is 1. The van der Waals surface area contributed by atoms with E-state index in [4.69, 9.17) is 15.9 Å². The highest BCUT2D eigenvalue weighted by atomic mass is 16.4. The predicted octanol–water partition coefficient (Wildman–Crippen LogP) is 0.245. The van der Waals surface area contributed by atoms with Crippen LogP contribution in [0.1, 0.15) is 44.7 Å². The van der Waals surface area contributed by atoms with Gasteiger partial charge < -0.3 is 31.1 Å². The molecule has 8 N–H and O–H groups in total. The van der Waals surface area contributed by atoms with Crippen molar-refractivity contribution in [2.75, 3.05) is 5.32 Å². The molecule has 0 radical (unpaired) electrons. The van der Waals surface area contributed by atoms with E-state index in [-0.39, 0.29) is 24.3 Å². The molecule has 0 saturated carbocycles. The molecule has 31 heavy (non-hydrogen) atoms. The number of carbonyl (C=O) groups excluding carboxylic acids is 2. The number of aliphatic carboxylic acids is 2. The summed E-state index contributed by atoms with van der Waals surface area (Å²) in [5.41, 5.74) is 8.22. The smallest absolute Gasteiger partial charge is 0.326 e. The fourth-order valence-corrected chi connectivity index (χ4v) is 3.31. The number of H-pyrrole nitrogens is 1. The molecule has 1 aromatic heterocycles. The fourth-order valence-electron chi connectivity index (χ4n) is 3.31. The van der Waals surface area contributed by atoms with Gasteiger partial charge in [0.15, 0.2) is 6.29 Å². The van der Waals surface area contributed by atoms with E-state index in [2.05, 4.69) is 20.9 Å². The minimum Gasteiger partial charge on any atom is -0.481 e. The molecule has 2 atom stereocenters. The van der Waals surface area contributed by atoms with Crippen LogP contribution in [-0.2, 0) is 22.4 Å². The summed E-state index contributed by atoms with van der Waals surface area (Å²) in [6.45, 7) is 0. The van der Waals surface area contributed by atoms with Crippen molar-refractivity contribution >= 4 is 29.6 Å². The Morgan fingerprint density at radius 2 is 1.81 bits per heavy atom. The molecule has 0 fully saturated rings. The van der Waals surface area contributed by atoms with E-state index in [9.17, 15) is 19.2 Å². The molecule has 2 amide bonds. The Labute approximate surface area is 177 Å². The molecule has 0 spiro atoms. The normalized spacial score (nSPS) is 15.9. The first-order chi connectivity index (χ1) is 14.7. The third kappa shape index (κ3) is 5.39. The number of anilines is 1. The highest BCUT2D eigenvalue weighted by Crippen LogP contribution is 2.23. The lowest BCUT2D eigenvalue weighted by atomic mass is 10.0. The number of hydrogen-bond acceptors (Lipinski definition) is 6. The van der Waals surface area contributed by atoms with Crippen LogP contribution in [0.4, 0.5) is 5.82 Å². The second kappa shape index (κ2) is 9.30.